The SMILES string of the molecule is [2H]C([2H])(Cl)c1c(C)cc(C(C)CC#N)cc1C(C)CC#N. The third-order valence-electron chi connectivity index (χ3n) is 3.38. The maximum absolute atomic E-state index is 8.90. The topological polar surface area (TPSA) is 47.6 Å². The summed E-state index contributed by atoms with van der Waals surface area (Å²) in [6, 6.07) is 8.06. The molecule has 0 spiro atoms. The molecule has 0 saturated heterocycles. The van der Waals surface area contributed by atoms with E-state index in [9.17, 15) is 0 Å². The zero-order chi connectivity index (χ0) is 16.2. The first-order valence-corrected chi connectivity index (χ1v) is 6.67. The zero-order valence-corrected chi connectivity index (χ0v) is 12.3. The van der Waals surface area contributed by atoms with Crippen molar-refractivity contribution in [2.45, 2.75) is 51.3 Å². The molecular weight excluding hydrogens is 256 g/mol. The molecule has 0 heterocycles. The molecule has 0 aliphatic carbocycles. The molecule has 0 N–H and O–H groups in total. The van der Waals surface area contributed by atoms with Crippen molar-refractivity contribution in [2.24, 2.45) is 0 Å². The number of benzene rings is 1. The third-order valence-corrected chi connectivity index (χ3v) is 3.57. The Morgan fingerprint density at radius 3 is 2.32 bits per heavy atom. The van der Waals surface area contributed by atoms with E-state index in [1.807, 2.05) is 32.9 Å². The largest absolute Gasteiger partial charge is 0.198 e. The first-order valence-electron chi connectivity index (χ1n) is 7.30. The average Bonchev–Trinajstić information content (AvgIpc) is 2.36. The Kier molecular flexibility index (Phi) is 4.73. The average molecular weight is 277 g/mol. The van der Waals surface area contributed by atoms with Crippen LogP contribution >= 0.6 is 11.6 Å². The molecule has 0 fully saturated rings. The Labute approximate surface area is 123 Å². The van der Waals surface area contributed by atoms with E-state index in [-0.39, 0.29) is 11.8 Å². The number of hydrogen-bond acceptors (Lipinski definition) is 2. The molecule has 0 radical (unpaired) electrons. The molecule has 0 amide bonds. The predicted molar refractivity (Wildman–Crippen MR) is 78.0 cm³/mol. The lowest BCUT2D eigenvalue weighted by Gasteiger charge is -2.19. The van der Waals surface area contributed by atoms with Crippen molar-refractivity contribution in [3.05, 3.63) is 34.4 Å². The van der Waals surface area contributed by atoms with Crippen LogP contribution in [-0.2, 0) is 5.83 Å². The van der Waals surface area contributed by atoms with Crippen molar-refractivity contribution in [3.63, 3.8) is 0 Å². The number of hydrogen-bond donors (Lipinski definition) is 0. The quantitative estimate of drug-likeness (QED) is 0.727. The van der Waals surface area contributed by atoms with Crippen molar-refractivity contribution in [1.82, 2.24) is 0 Å². The van der Waals surface area contributed by atoms with Crippen LogP contribution in [0.5, 0.6) is 0 Å². The molecule has 1 aromatic carbocycles. The van der Waals surface area contributed by atoms with Gasteiger partial charge in [0.1, 0.15) is 0 Å². The Morgan fingerprint density at radius 2 is 1.79 bits per heavy atom. The van der Waals surface area contributed by atoms with Gasteiger partial charge < -0.3 is 0 Å². The van der Waals surface area contributed by atoms with Crippen LogP contribution in [0.3, 0.4) is 0 Å². The highest BCUT2D eigenvalue weighted by molar-refractivity contribution is 6.17. The summed E-state index contributed by atoms with van der Waals surface area (Å²) in [5, 5.41) is 17.7. The monoisotopic (exact) mass is 276 g/mol. The molecule has 2 nitrogen and oxygen atoms in total. The summed E-state index contributed by atoms with van der Waals surface area (Å²) < 4.78 is 15.7. The summed E-state index contributed by atoms with van der Waals surface area (Å²) in [4.78, 5) is 0. The highest BCUT2D eigenvalue weighted by atomic mass is 35.5. The minimum Gasteiger partial charge on any atom is -0.198 e. The van der Waals surface area contributed by atoms with E-state index < -0.39 is 5.83 Å². The Bertz CT molecular complexity index is 594. The highest BCUT2D eigenvalue weighted by Crippen LogP contribution is 2.31. The normalized spacial score (nSPS) is 15.7. The number of nitriles is 2. The summed E-state index contributed by atoms with van der Waals surface area (Å²) in [5.41, 5.74) is 2.95. The van der Waals surface area contributed by atoms with Gasteiger partial charge in [-0.05, 0) is 41.0 Å². The molecule has 2 atom stereocenters. The van der Waals surface area contributed by atoms with Crippen molar-refractivity contribution in [2.75, 3.05) is 0 Å². The third kappa shape index (κ3) is 3.72. The van der Waals surface area contributed by atoms with E-state index >= 15 is 0 Å². The van der Waals surface area contributed by atoms with E-state index in [0.29, 0.717) is 18.4 Å². The lowest BCUT2D eigenvalue weighted by atomic mass is 9.86. The van der Waals surface area contributed by atoms with Gasteiger partial charge in [-0.15, -0.1) is 11.6 Å². The molecule has 0 bridgehead atoms. The minimum atomic E-state index is -1.97. The molecule has 1 rings (SSSR count). The second kappa shape index (κ2) is 7.17. The number of halogens is 1. The molecule has 100 valence electrons. The fourth-order valence-electron chi connectivity index (χ4n) is 2.15. The second-order valence-electron chi connectivity index (χ2n) is 4.92. The van der Waals surface area contributed by atoms with Gasteiger partial charge in [0.15, 0.2) is 0 Å². The number of rotatable bonds is 5. The summed E-state index contributed by atoms with van der Waals surface area (Å²) in [5.74, 6) is -2.01. The molecule has 0 aliphatic heterocycles. The predicted octanol–water partition coefficient (Wildman–Crippen LogP) is 4.77. The molecule has 1 aromatic rings. The Balaban J connectivity index is 3.47. The van der Waals surface area contributed by atoms with Crippen LogP contribution in [0.1, 0.15) is 63.5 Å². The molecule has 3 heteroatoms. The van der Waals surface area contributed by atoms with Crippen LogP contribution in [0, 0.1) is 29.6 Å². The van der Waals surface area contributed by atoms with Crippen molar-refractivity contribution >= 4 is 11.6 Å². The zero-order valence-electron chi connectivity index (χ0n) is 13.5. The second-order valence-corrected chi connectivity index (χ2v) is 5.11. The van der Waals surface area contributed by atoms with Gasteiger partial charge in [0.05, 0.1) is 12.1 Å². The summed E-state index contributed by atoms with van der Waals surface area (Å²) in [6.45, 7) is 5.68. The number of nitrogens with zero attached hydrogens (tertiary/aromatic N) is 2. The fourth-order valence-corrected chi connectivity index (χ4v) is 2.41. The van der Waals surface area contributed by atoms with Gasteiger partial charge in [0.25, 0.3) is 0 Å². The molecule has 0 aromatic heterocycles. The van der Waals surface area contributed by atoms with Crippen LogP contribution in [0.15, 0.2) is 12.1 Å². The van der Waals surface area contributed by atoms with Crippen LogP contribution in [0.4, 0.5) is 0 Å². The highest BCUT2D eigenvalue weighted by Gasteiger charge is 2.16. The Hall–Kier alpha value is -1.51. The first kappa shape index (κ1) is 12.5. The van der Waals surface area contributed by atoms with E-state index in [2.05, 4.69) is 12.1 Å². The van der Waals surface area contributed by atoms with Crippen LogP contribution in [0.25, 0.3) is 0 Å². The van der Waals surface area contributed by atoms with Crippen LogP contribution in [0.2, 0.25) is 0 Å². The smallest absolute Gasteiger partial charge is 0.0628 e. The van der Waals surface area contributed by atoms with Crippen molar-refractivity contribution in [1.29, 1.82) is 10.5 Å². The first-order chi connectivity index (χ1) is 9.72. The van der Waals surface area contributed by atoms with Crippen LogP contribution < -0.4 is 0 Å². The molecular formula is C16H19ClN2. The van der Waals surface area contributed by atoms with Gasteiger partial charge in [-0.25, -0.2) is 0 Å². The van der Waals surface area contributed by atoms with Gasteiger partial charge >= 0.3 is 0 Å². The van der Waals surface area contributed by atoms with Crippen LogP contribution in [-0.4, -0.2) is 0 Å². The summed E-state index contributed by atoms with van der Waals surface area (Å²) in [7, 11) is 0. The van der Waals surface area contributed by atoms with E-state index in [1.165, 1.54) is 0 Å². The molecule has 0 aliphatic rings. The standard InChI is InChI=1S/C16H19ClN2/c1-11(4-6-18)14-8-13(3)16(10-17)15(9-14)12(2)5-7-19/h8-9,11-12H,4-5,10H2,1-3H3/i10D2. The molecule has 0 saturated carbocycles. The lowest BCUT2D eigenvalue weighted by Crippen LogP contribution is -2.04. The molecule has 2 unspecified atom stereocenters. The van der Waals surface area contributed by atoms with Gasteiger partial charge in [-0.3, -0.25) is 0 Å². The number of alkyl halides is 1. The maximum atomic E-state index is 8.90. The van der Waals surface area contributed by atoms with Gasteiger partial charge in [-0.1, -0.05) is 26.0 Å². The maximum Gasteiger partial charge on any atom is 0.0628 e. The van der Waals surface area contributed by atoms with E-state index in [1.54, 1.807) is 0 Å². The Morgan fingerprint density at radius 1 is 1.21 bits per heavy atom. The van der Waals surface area contributed by atoms with E-state index in [0.717, 1.165) is 16.7 Å². The van der Waals surface area contributed by atoms with Gasteiger partial charge in [-0.2, -0.15) is 10.5 Å². The van der Waals surface area contributed by atoms with Crippen molar-refractivity contribution in [3.8, 4) is 12.1 Å². The lowest BCUT2D eigenvalue weighted by molar-refractivity contribution is 0.754. The number of aryl methyl sites for hydroxylation is 1. The minimum absolute atomic E-state index is 0.0666. The summed E-state index contributed by atoms with van der Waals surface area (Å²) in [6.07, 6.45) is 0.702. The summed E-state index contributed by atoms with van der Waals surface area (Å²) >= 11 is 5.90. The molecule has 19 heavy (non-hydrogen) atoms. The van der Waals surface area contributed by atoms with Crippen molar-refractivity contribution < 1.29 is 2.74 Å². The fraction of sp³-hybridized carbons (Fsp3) is 0.500. The van der Waals surface area contributed by atoms with Gasteiger partial charge in [0, 0.05) is 21.4 Å². The van der Waals surface area contributed by atoms with E-state index in [4.69, 9.17) is 24.9 Å². The van der Waals surface area contributed by atoms with Gasteiger partial charge in [0.2, 0.25) is 0 Å².